The largest absolute Gasteiger partial charge is 0.375 e. The topological polar surface area (TPSA) is 52.0 Å². The van der Waals surface area contributed by atoms with Crippen molar-refractivity contribution < 1.29 is 4.74 Å². The summed E-state index contributed by atoms with van der Waals surface area (Å²) in [7, 11) is 0. The second-order valence-corrected chi connectivity index (χ2v) is 6.70. The molecular formula is C14H20N4OS. The molecule has 1 N–H and O–H groups in total. The Morgan fingerprint density at radius 2 is 2.35 bits per heavy atom. The molecule has 0 saturated heterocycles. The van der Waals surface area contributed by atoms with Gasteiger partial charge in [0.2, 0.25) is 0 Å². The summed E-state index contributed by atoms with van der Waals surface area (Å²) in [5, 5.41) is 11.8. The number of hydrogen-bond acceptors (Lipinski definition) is 5. The number of rotatable bonds is 4. The summed E-state index contributed by atoms with van der Waals surface area (Å²) in [5.41, 5.74) is 2.09. The highest BCUT2D eigenvalue weighted by Gasteiger charge is 2.19. The molecule has 0 fully saturated rings. The van der Waals surface area contributed by atoms with Crippen LogP contribution in [0.4, 0.5) is 0 Å². The predicted octanol–water partition coefficient (Wildman–Crippen LogP) is 1.89. The van der Waals surface area contributed by atoms with E-state index in [0.29, 0.717) is 12.5 Å². The van der Waals surface area contributed by atoms with Gasteiger partial charge in [0.05, 0.1) is 24.6 Å². The van der Waals surface area contributed by atoms with Crippen LogP contribution in [0.3, 0.4) is 0 Å². The first-order chi connectivity index (χ1) is 9.72. The van der Waals surface area contributed by atoms with Crippen molar-refractivity contribution in [1.82, 2.24) is 20.3 Å². The Balaban J connectivity index is 1.53. The fraction of sp³-hybridized carbons (Fsp3) is 0.571. The van der Waals surface area contributed by atoms with E-state index in [1.165, 1.54) is 9.75 Å². The maximum Gasteiger partial charge on any atom is 0.0904 e. The highest BCUT2D eigenvalue weighted by atomic mass is 32.1. The zero-order valence-electron chi connectivity index (χ0n) is 11.9. The predicted molar refractivity (Wildman–Crippen MR) is 78.7 cm³/mol. The Hall–Kier alpha value is -1.24. The van der Waals surface area contributed by atoms with Crippen molar-refractivity contribution in [2.75, 3.05) is 13.2 Å². The first-order valence-electron chi connectivity index (χ1n) is 6.95. The van der Waals surface area contributed by atoms with Gasteiger partial charge >= 0.3 is 0 Å². The summed E-state index contributed by atoms with van der Waals surface area (Å²) in [6, 6.07) is 4.36. The molecule has 108 valence electrons. The third-order valence-electron chi connectivity index (χ3n) is 3.58. The third-order valence-corrected chi connectivity index (χ3v) is 4.58. The molecule has 0 saturated carbocycles. The SMILES string of the molecule is Cc1ccc(CNC[C@H]2COCc3c(C)nnn3C2)s1. The van der Waals surface area contributed by atoms with E-state index in [9.17, 15) is 0 Å². The van der Waals surface area contributed by atoms with Gasteiger partial charge in [-0.15, -0.1) is 16.4 Å². The molecule has 6 heteroatoms. The van der Waals surface area contributed by atoms with Gasteiger partial charge in [-0.05, 0) is 26.0 Å². The van der Waals surface area contributed by atoms with Crippen LogP contribution in [-0.2, 0) is 24.4 Å². The molecule has 1 aliphatic rings. The summed E-state index contributed by atoms with van der Waals surface area (Å²) >= 11 is 1.85. The van der Waals surface area contributed by atoms with Crippen LogP contribution in [0, 0.1) is 19.8 Å². The number of nitrogens with zero attached hydrogens (tertiary/aromatic N) is 3. The number of aryl methyl sites for hydroxylation is 2. The van der Waals surface area contributed by atoms with Crippen LogP contribution in [0.5, 0.6) is 0 Å². The van der Waals surface area contributed by atoms with Crippen LogP contribution in [-0.4, -0.2) is 28.1 Å². The van der Waals surface area contributed by atoms with Crippen LogP contribution in [0.15, 0.2) is 12.1 Å². The van der Waals surface area contributed by atoms with E-state index in [4.69, 9.17) is 4.74 Å². The van der Waals surface area contributed by atoms with Crippen molar-refractivity contribution in [1.29, 1.82) is 0 Å². The molecule has 20 heavy (non-hydrogen) atoms. The lowest BCUT2D eigenvalue weighted by Crippen LogP contribution is -2.28. The molecule has 0 aromatic carbocycles. The highest BCUT2D eigenvalue weighted by molar-refractivity contribution is 7.11. The molecule has 0 aliphatic carbocycles. The molecule has 3 heterocycles. The smallest absolute Gasteiger partial charge is 0.0904 e. The van der Waals surface area contributed by atoms with Crippen LogP contribution >= 0.6 is 11.3 Å². The van der Waals surface area contributed by atoms with Crippen molar-refractivity contribution in [3.63, 3.8) is 0 Å². The molecule has 0 radical (unpaired) electrons. The van der Waals surface area contributed by atoms with Crippen molar-refractivity contribution in [2.24, 2.45) is 5.92 Å². The van der Waals surface area contributed by atoms with Gasteiger partial charge in [0, 0.05) is 35.3 Å². The summed E-state index contributed by atoms with van der Waals surface area (Å²) < 4.78 is 7.73. The normalized spacial score (nSPS) is 18.8. The standard InChI is InChI=1S/C14H20N4OS/c1-10-3-4-13(20-10)6-15-5-12-7-18-14(9-19-8-12)11(2)16-17-18/h3-4,12,15H,5-9H2,1-2H3/t12-/m1/s1. The van der Waals surface area contributed by atoms with Gasteiger partial charge in [-0.1, -0.05) is 5.21 Å². The fourth-order valence-electron chi connectivity index (χ4n) is 2.47. The minimum absolute atomic E-state index is 0.443. The number of aromatic nitrogens is 3. The second kappa shape index (κ2) is 6.03. The maximum atomic E-state index is 5.74. The summed E-state index contributed by atoms with van der Waals surface area (Å²) in [6.45, 7) is 8.28. The average molecular weight is 292 g/mol. The Bertz CT molecular complexity index is 577. The highest BCUT2D eigenvalue weighted by Crippen LogP contribution is 2.16. The first kappa shape index (κ1) is 13.7. The molecule has 1 atom stereocenters. The zero-order chi connectivity index (χ0) is 13.9. The lowest BCUT2D eigenvalue weighted by atomic mass is 10.1. The quantitative estimate of drug-likeness (QED) is 0.935. The van der Waals surface area contributed by atoms with Crippen LogP contribution in [0.25, 0.3) is 0 Å². The van der Waals surface area contributed by atoms with Crippen molar-refractivity contribution in [3.8, 4) is 0 Å². The van der Waals surface area contributed by atoms with Crippen LogP contribution in [0.1, 0.15) is 21.1 Å². The molecule has 0 amide bonds. The minimum Gasteiger partial charge on any atom is -0.375 e. The Morgan fingerprint density at radius 3 is 3.15 bits per heavy atom. The second-order valence-electron chi connectivity index (χ2n) is 5.33. The molecule has 2 aromatic heterocycles. The van der Waals surface area contributed by atoms with E-state index < -0.39 is 0 Å². The van der Waals surface area contributed by atoms with E-state index in [0.717, 1.165) is 37.6 Å². The molecule has 1 aliphatic heterocycles. The van der Waals surface area contributed by atoms with Crippen molar-refractivity contribution >= 4 is 11.3 Å². The number of hydrogen-bond donors (Lipinski definition) is 1. The van der Waals surface area contributed by atoms with E-state index in [1.807, 2.05) is 22.9 Å². The average Bonchev–Trinajstić information content (AvgIpc) is 2.91. The fourth-order valence-corrected chi connectivity index (χ4v) is 3.33. The number of ether oxygens (including phenoxy) is 1. The Morgan fingerprint density at radius 1 is 1.45 bits per heavy atom. The molecule has 2 aromatic rings. The Kier molecular flexibility index (Phi) is 4.14. The van der Waals surface area contributed by atoms with E-state index in [1.54, 1.807) is 0 Å². The van der Waals surface area contributed by atoms with Gasteiger partial charge < -0.3 is 10.1 Å². The summed E-state index contributed by atoms with van der Waals surface area (Å²) in [4.78, 5) is 2.75. The van der Waals surface area contributed by atoms with Crippen LogP contribution in [0.2, 0.25) is 0 Å². The Labute approximate surface area is 123 Å². The van der Waals surface area contributed by atoms with Crippen molar-refractivity contribution in [2.45, 2.75) is 33.5 Å². The molecule has 3 rings (SSSR count). The number of thiophene rings is 1. The van der Waals surface area contributed by atoms with Crippen LogP contribution < -0.4 is 5.32 Å². The zero-order valence-corrected chi connectivity index (χ0v) is 12.7. The van der Waals surface area contributed by atoms with Gasteiger partial charge in [0.15, 0.2) is 0 Å². The van der Waals surface area contributed by atoms with Crippen molar-refractivity contribution in [3.05, 3.63) is 33.3 Å². The number of nitrogens with one attached hydrogen (secondary N) is 1. The molecular weight excluding hydrogens is 272 g/mol. The van der Waals surface area contributed by atoms with Gasteiger partial charge in [0.1, 0.15) is 0 Å². The van der Waals surface area contributed by atoms with E-state index >= 15 is 0 Å². The van der Waals surface area contributed by atoms with E-state index in [2.05, 4.69) is 34.7 Å². The van der Waals surface area contributed by atoms with Gasteiger partial charge in [-0.25, -0.2) is 4.68 Å². The number of fused-ring (bicyclic) bond motifs is 1. The molecule has 0 bridgehead atoms. The van der Waals surface area contributed by atoms with Gasteiger partial charge in [-0.2, -0.15) is 0 Å². The molecule has 0 unspecified atom stereocenters. The van der Waals surface area contributed by atoms with Gasteiger partial charge in [0.25, 0.3) is 0 Å². The van der Waals surface area contributed by atoms with E-state index in [-0.39, 0.29) is 0 Å². The monoisotopic (exact) mass is 292 g/mol. The first-order valence-corrected chi connectivity index (χ1v) is 7.77. The molecule has 0 spiro atoms. The minimum atomic E-state index is 0.443. The summed E-state index contributed by atoms with van der Waals surface area (Å²) in [5.74, 6) is 0.443. The summed E-state index contributed by atoms with van der Waals surface area (Å²) in [6.07, 6.45) is 0. The lowest BCUT2D eigenvalue weighted by molar-refractivity contribution is 0.0936. The maximum absolute atomic E-state index is 5.74. The molecule has 5 nitrogen and oxygen atoms in total. The lowest BCUT2D eigenvalue weighted by Gasteiger charge is -2.14. The van der Waals surface area contributed by atoms with Gasteiger partial charge in [-0.3, -0.25) is 0 Å². The third kappa shape index (κ3) is 3.08.